The van der Waals surface area contributed by atoms with E-state index in [0.717, 1.165) is 22.8 Å². The van der Waals surface area contributed by atoms with E-state index in [2.05, 4.69) is 21.3 Å². The smallest absolute Gasteiger partial charge is 0.243 e. The number of sulfonamides is 1. The molecule has 3 aromatic rings. The quantitative estimate of drug-likeness (QED) is 0.577. The van der Waals surface area contributed by atoms with Crippen LogP contribution in [0, 0.1) is 0 Å². The highest BCUT2D eigenvalue weighted by Crippen LogP contribution is 2.45. The number of fused-ring (bicyclic) bond motifs is 4. The van der Waals surface area contributed by atoms with Gasteiger partial charge in [-0.05, 0) is 61.4 Å². The number of amides is 1. The molecule has 2 N–H and O–H groups in total. The lowest BCUT2D eigenvalue weighted by molar-refractivity contribution is -0.115. The third kappa shape index (κ3) is 3.74. The molecule has 9 heteroatoms. The molecule has 0 atom stereocenters. The van der Waals surface area contributed by atoms with E-state index in [9.17, 15) is 13.2 Å². The molecule has 1 saturated heterocycles. The van der Waals surface area contributed by atoms with Crippen LogP contribution >= 0.6 is 0 Å². The Morgan fingerprint density at radius 2 is 1.85 bits per heavy atom. The van der Waals surface area contributed by atoms with Crippen molar-refractivity contribution in [2.24, 2.45) is 0 Å². The first-order chi connectivity index (χ1) is 16.4. The highest BCUT2D eigenvalue weighted by molar-refractivity contribution is 7.89. The lowest BCUT2D eigenvalue weighted by atomic mass is 9.83. The van der Waals surface area contributed by atoms with Gasteiger partial charge in [-0.15, -0.1) is 0 Å². The molecule has 0 bridgehead atoms. The molecule has 2 aliphatic heterocycles. The minimum Gasteiger partial charge on any atom is -0.497 e. The zero-order valence-electron chi connectivity index (χ0n) is 19.2. The molecule has 5 rings (SSSR count). The number of aromatic nitrogens is 1. The van der Waals surface area contributed by atoms with E-state index >= 15 is 0 Å². The molecule has 0 aliphatic carbocycles. The van der Waals surface area contributed by atoms with Crippen LogP contribution < -0.4 is 15.4 Å². The lowest BCUT2D eigenvalue weighted by Gasteiger charge is -2.46. The van der Waals surface area contributed by atoms with Crippen molar-refractivity contribution < 1.29 is 17.9 Å². The van der Waals surface area contributed by atoms with Crippen LogP contribution in [0.25, 0.3) is 5.69 Å². The van der Waals surface area contributed by atoms with E-state index in [1.54, 1.807) is 42.6 Å². The highest BCUT2D eigenvalue weighted by atomic mass is 32.2. The molecule has 178 valence electrons. The zero-order chi connectivity index (χ0) is 23.9. The third-order valence-electron chi connectivity index (χ3n) is 6.75. The van der Waals surface area contributed by atoms with Crippen molar-refractivity contribution in [3.63, 3.8) is 0 Å². The molecule has 1 spiro atoms. The van der Waals surface area contributed by atoms with E-state index < -0.39 is 10.0 Å². The number of carbonyl (C=O) groups is 1. The van der Waals surface area contributed by atoms with Crippen molar-refractivity contribution in [3.05, 3.63) is 66.5 Å². The maximum atomic E-state index is 13.3. The number of hydrogen-bond donors (Lipinski definition) is 2. The molecule has 1 fully saturated rings. The molecule has 3 heterocycles. The number of anilines is 2. The van der Waals surface area contributed by atoms with Gasteiger partial charge < -0.3 is 19.9 Å². The summed E-state index contributed by atoms with van der Waals surface area (Å²) in [4.78, 5) is 11.8. The monoisotopic (exact) mass is 480 g/mol. The first-order valence-corrected chi connectivity index (χ1v) is 12.8. The number of nitrogens with zero attached hydrogens (tertiary/aromatic N) is 2. The highest BCUT2D eigenvalue weighted by Gasteiger charge is 2.44. The summed E-state index contributed by atoms with van der Waals surface area (Å²) in [5.74, 6) is 0.663. The molecule has 1 aromatic heterocycles. The number of hydrogen-bond acceptors (Lipinski definition) is 5. The largest absolute Gasteiger partial charge is 0.497 e. The average molecular weight is 481 g/mol. The van der Waals surface area contributed by atoms with Gasteiger partial charge in [0, 0.05) is 43.2 Å². The number of rotatable bonds is 5. The van der Waals surface area contributed by atoms with Crippen LogP contribution in [0.4, 0.5) is 11.4 Å². The van der Waals surface area contributed by atoms with Crippen molar-refractivity contribution in [2.45, 2.75) is 36.6 Å². The van der Waals surface area contributed by atoms with Crippen LogP contribution in [-0.4, -0.2) is 43.4 Å². The summed E-state index contributed by atoms with van der Waals surface area (Å²) in [6.45, 7) is 2.56. The topological polar surface area (TPSA) is 92.7 Å². The second-order valence-corrected chi connectivity index (χ2v) is 10.6. The van der Waals surface area contributed by atoms with Crippen molar-refractivity contribution in [1.82, 2.24) is 8.87 Å². The van der Waals surface area contributed by atoms with Gasteiger partial charge in [-0.1, -0.05) is 6.92 Å². The van der Waals surface area contributed by atoms with Gasteiger partial charge >= 0.3 is 0 Å². The van der Waals surface area contributed by atoms with Gasteiger partial charge in [-0.2, -0.15) is 4.31 Å². The molecule has 0 radical (unpaired) electrons. The van der Waals surface area contributed by atoms with Crippen molar-refractivity contribution in [1.29, 1.82) is 0 Å². The predicted octanol–water partition coefficient (Wildman–Crippen LogP) is 3.94. The Hall–Kier alpha value is -3.30. The first-order valence-electron chi connectivity index (χ1n) is 11.4. The molecule has 2 aliphatic rings. The molecule has 0 unspecified atom stereocenters. The standard InChI is InChI=1S/C25H28N4O4S/c1-3-24(30)26-18-6-9-20(10-7-18)34(31,32)28-15-12-25(13-16-28)23-5-4-14-29(23)22-11-8-19(33-2)17-21(22)27-25/h4-11,14,17,27H,3,12-13,15-16H2,1-2H3,(H,26,30). The summed E-state index contributed by atoms with van der Waals surface area (Å²) in [6.07, 6.45) is 3.69. The first kappa shape index (κ1) is 22.5. The number of methoxy groups -OCH3 is 1. The Morgan fingerprint density at radius 1 is 1.12 bits per heavy atom. The zero-order valence-corrected chi connectivity index (χ0v) is 20.1. The van der Waals surface area contributed by atoms with Crippen molar-refractivity contribution >= 4 is 27.3 Å². The number of carbonyl (C=O) groups excluding carboxylic acids is 1. The van der Waals surface area contributed by atoms with Crippen molar-refractivity contribution in [3.8, 4) is 11.4 Å². The number of ether oxygens (including phenoxy) is 1. The van der Waals surface area contributed by atoms with Crippen LogP contribution in [0.1, 0.15) is 31.9 Å². The Morgan fingerprint density at radius 3 is 2.53 bits per heavy atom. The fraction of sp³-hybridized carbons (Fsp3) is 0.320. The van der Waals surface area contributed by atoms with Gasteiger partial charge in [0.2, 0.25) is 15.9 Å². The van der Waals surface area contributed by atoms with Gasteiger partial charge in [-0.25, -0.2) is 8.42 Å². The summed E-state index contributed by atoms with van der Waals surface area (Å²) < 4.78 is 35.8. The Kier molecular flexibility index (Phi) is 5.61. The molecule has 8 nitrogen and oxygen atoms in total. The second kappa shape index (κ2) is 8.48. The number of piperidine rings is 1. The van der Waals surface area contributed by atoms with Crippen molar-refractivity contribution in [2.75, 3.05) is 30.8 Å². The molecule has 34 heavy (non-hydrogen) atoms. The van der Waals surface area contributed by atoms with Gasteiger partial charge in [0.1, 0.15) is 5.75 Å². The van der Waals surface area contributed by atoms with Crippen LogP contribution in [0.15, 0.2) is 65.7 Å². The predicted molar refractivity (Wildman–Crippen MR) is 131 cm³/mol. The average Bonchev–Trinajstić information content (AvgIpc) is 3.36. The maximum Gasteiger partial charge on any atom is 0.243 e. The fourth-order valence-electron chi connectivity index (χ4n) is 4.85. The van der Waals surface area contributed by atoms with Gasteiger partial charge in [0.15, 0.2) is 0 Å². The Labute approximate surface area is 199 Å². The summed E-state index contributed by atoms with van der Waals surface area (Å²) in [7, 11) is -1.99. The Bertz CT molecular complexity index is 1320. The van der Waals surface area contributed by atoms with Crippen LogP contribution in [0.3, 0.4) is 0 Å². The Balaban J connectivity index is 1.36. The SMILES string of the molecule is CCC(=O)Nc1ccc(S(=O)(=O)N2CCC3(CC2)Nc2cc(OC)ccc2-n2cccc23)cc1. The van der Waals surface area contributed by atoms with E-state index in [-0.39, 0.29) is 16.3 Å². The summed E-state index contributed by atoms with van der Waals surface area (Å²) in [5.41, 5.74) is 3.40. The molecular weight excluding hydrogens is 452 g/mol. The van der Waals surface area contributed by atoms with E-state index in [1.807, 2.05) is 30.5 Å². The summed E-state index contributed by atoms with van der Waals surface area (Å²) in [5, 5.41) is 6.45. The maximum absolute atomic E-state index is 13.3. The van der Waals surface area contributed by atoms with Crippen LogP contribution in [0.5, 0.6) is 5.75 Å². The van der Waals surface area contributed by atoms with Gasteiger partial charge in [0.05, 0.1) is 28.9 Å². The number of nitrogens with one attached hydrogen (secondary N) is 2. The summed E-state index contributed by atoms with van der Waals surface area (Å²) >= 11 is 0. The molecule has 0 saturated carbocycles. The van der Waals surface area contributed by atoms with Gasteiger partial charge in [0.25, 0.3) is 0 Å². The second-order valence-electron chi connectivity index (χ2n) is 8.68. The molecular formula is C25H28N4O4S. The third-order valence-corrected chi connectivity index (χ3v) is 8.66. The van der Waals surface area contributed by atoms with Gasteiger partial charge in [-0.3, -0.25) is 4.79 Å². The van der Waals surface area contributed by atoms with Crippen LogP contribution in [-0.2, 0) is 20.4 Å². The van der Waals surface area contributed by atoms with Crippen LogP contribution in [0.2, 0.25) is 0 Å². The lowest BCUT2D eigenvalue weighted by Crippen LogP contribution is -2.50. The molecule has 2 aromatic carbocycles. The minimum atomic E-state index is -3.64. The normalized spacial score (nSPS) is 16.9. The summed E-state index contributed by atoms with van der Waals surface area (Å²) in [6, 6.07) is 16.5. The van der Waals surface area contributed by atoms with E-state index in [0.29, 0.717) is 38.0 Å². The minimum absolute atomic E-state index is 0.110. The number of benzene rings is 2. The molecule has 1 amide bonds. The van der Waals surface area contributed by atoms with E-state index in [1.165, 1.54) is 0 Å². The van der Waals surface area contributed by atoms with E-state index in [4.69, 9.17) is 4.74 Å². The fourth-order valence-corrected chi connectivity index (χ4v) is 6.29.